The summed E-state index contributed by atoms with van der Waals surface area (Å²) < 4.78 is 5.40. The van der Waals surface area contributed by atoms with Crippen LogP contribution in [0.2, 0.25) is 0 Å². The number of nitrogens with zero attached hydrogens (tertiary/aromatic N) is 2. The monoisotopic (exact) mass is 272 g/mol. The lowest BCUT2D eigenvalue weighted by Crippen LogP contribution is -2.34. The number of nitrogens with one attached hydrogen (secondary N) is 3. The highest BCUT2D eigenvalue weighted by Gasteiger charge is 2.23. The molecule has 1 aliphatic rings. The molecule has 8 nitrogen and oxygen atoms in total. The summed E-state index contributed by atoms with van der Waals surface area (Å²) in [6.45, 7) is 1.65. The van der Waals surface area contributed by atoms with Crippen molar-refractivity contribution < 1.29 is 9.53 Å². The van der Waals surface area contributed by atoms with Crippen molar-refractivity contribution >= 4 is 28.8 Å². The van der Waals surface area contributed by atoms with Crippen molar-refractivity contribution in [1.29, 1.82) is 10.7 Å². The average molecular weight is 272 g/mol. The van der Waals surface area contributed by atoms with Crippen molar-refractivity contribution in [2.45, 2.75) is 13.0 Å². The molecule has 1 atom stereocenters. The summed E-state index contributed by atoms with van der Waals surface area (Å²) in [5.41, 5.74) is 8.57. The largest absolute Gasteiger partial charge is 0.479 e. The van der Waals surface area contributed by atoms with Gasteiger partial charge < -0.3 is 15.8 Å². The molecule has 1 amide bonds. The smallest absolute Gasteiger partial charge is 0.265 e. The van der Waals surface area contributed by atoms with Gasteiger partial charge in [0.25, 0.3) is 5.91 Å². The van der Waals surface area contributed by atoms with Crippen LogP contribution in [-0.2, 0) is 4.79 Å². The minimum Gasteiger partial charge on any atom is -0.479 e. The zero-order valence-electron chi connectivity index (χ0n) is 10.6. The predicted octanol–water partition coefficient (Wildman–Crippen LogP) is 0.633. The number of carbonyl (C=O) groups is 1. The molecule has 8 heteroatoms. The van der Waals surface area contributed by atoms with Gasteiger partial charge in [-0.1, -0.05) is 0 Å². The zero-order chi connectivity index (χ0) is 14.7. The molecule has 0 saturated heterocycles. The Morgan fingerprint density at radius 3 is 3.05 bits per heavy atom. The maximum atomic E-state index is 11.5. The number of hydrogen-bond acceptors (Lipinski definition) is 6. The van der Waals surface area contributed by atoms with Gasteiger partial charge >= 0.3 is 0 Å². The van der Waals surface area contributed by atoms with Gasteiger partial charge in [0.05, 0.1) is 11.4 Å². The molecule has 0 spiro atoms. The second-order valence-electron chi connectivity index (χ2n) is 4.06. The van der Waals surface area contributed by atoms with Crippen LogP contribution in [0.1, 0.15) is 6.92 Å². The second-order valence-corrected chi connectivity index (χ2v) is 4.06. The lowest BCUT2D eigenvalue weighted by atomic mass is 10.2. The van der Waals surface area contributed by atoms with Crippen LogP contribution in [0.15, 0.2) is 23.3 Å². The fourth-order valence-electron chi connectivity index (χ4n) is 1.54. The third-order valence-electron chi connectivity index (χ3n) is 2.57. The molecule has 0 saturated carbocycles. The number of fused-ring (bicyclic) bond motifs is 1. The lowest BCUT2D eigenvalue weighted by Gasteiger charge is -2.23. The fourth-order valence-corrected chi connectivity index (χ4v) is 1.54. The first-order chi connectivity index (χ1) is 9.51. The Balaban J connectivity index is 2.21. The lowest BCUT2D eigenvalue weighted by molar-refractivity contribution is -0.122. The van der Waals surface area contributed by atoms with Crippen LogP contribution in [0, 0.1) is 16.7 Å². The molecule has 1 aromatic rings. The van der Waals surface area contributed by atoms with Gasteiger partial charge in [-0.25, -0.2) is 0 Å². The highest BCUT2D eigenvalue weighted by atomic mass is 16.5. The van der Waals surface area contributed by atoms with Crippen molar-refractivity contribution in [1.82, 2.24) is 0 Å². The first-order valence-electron chi connectivity index (χ1n) is 5.71. The van der Waals surface area contributed by atoms with E-state index in [1.165, 1.54) is 0 Å². The number of nitrogens with two attached hydrogens (primary N) is 1. The van der Waals surface area contributed by atoms with Crippen LogP contribution in [0.25, 0.3) is 0 Å². The van der Waals surface area contributed by atoms with Gasteiger partial charge in [-0.2, -0.15) is 10.4 Å². The van der Waals surface area contributed by atoms with Crippen LogP contribution < -0.4 is 21.2 Å². The normalized spacial score (nSPS) is 17.3. The third kappa shape index (κ3) is 2.67. The van der Waals surface area contributed by atoms with Gasteiger partial charge in [0.2, 0.25) is 5.71 Å². The number of nitriles is 1. The van der Waals surface area contributed by atoms with Crippen molar-refractivity contribution in [2.24, 2.45) is 10.8 Å². The number of benzene rings is 1. The first-order valence-corrected chi connectivity index (χ1v) is 5.71. The van der Waals surface area contributed by atoms with Crippen molar-refractivity contribution in [3.05, 3.63) is 18.2 Å². The first kappa shape index (κ1) is 13.4. The molecule has 1 aromatic carbocycles. The third-order valence-corrected chi connectivity index (χ3v) is 2.57. The number of carbonyl (C=O) groups excluding carboxylic acids is 1. The molecule has 0 bridgehead atoms. The molecule has 102 valence electrons. The molecule has 20 heavy (non-hydrogen) atoms. The molecule has 2 rings (SSSR count). The molecular formula is C12H12N6O2. The summed E-state index contributed by atoms with van der Waals surface area (Å²) in [5, 5.41) is 22.2. The Kier molecular flexibility index (Phi) is 3.52. The van der Waals surface area contributed by atoms with E-state index < -0.39 is 11.9 Å². The summed E-state index contributed by atoms with van der Waals surface area (Å²) in [4.78, 5) is 11.5. The highest BCUT2D eigenvalue weighted by molar-refractivity contribution is 6.45. The van der Waals surface area contributed by atoms with Gasteiger partial charge in [0.15, 0.2) is 11.9 Å². The summed E-state index contributed by atoms with van der Waals surface area (Å²) in [6, 6.07) is 6.64. The molecule has 1 heterocycles. The Morgan fingerprint density at radius 1 is 1.65 bits per heavy atom. The number of rotatable bonds is 3. The number of amidine groups is 1. The minimum absolute atomic E-state index is 0.225. The molecule has 0 fully saturated rings. The molecule has 5 N–H and O–H groups in total. The Labute approximate surface area is 114 Å². The van der Waals surface area contributed by atoms with Gasteiger partial charge in [0, 0.05) is 0 Å². The second kappa shape index (κ2) is 5.27. The molecule has 1 unspecified atom stereocenters. The van der Waals surface area contributed by atoms with E-state index in [0.29, 0.717) is 17.1 Å². The number of hydrazone groups is 1. The Morgan fingerprint density at radius 2 is 2.40 bits per heavy atom. The Hall–Kier alpha value is -3.08. The van der Waals surface area contributed by atoms with E-state index in [2.05, 4.69) is 15.8 Å². The summed E-state index contributed by atoms with van der Waals surface area (Å²) >= 11 is 0. The van der Waals surface area contributed by atoms with E-state index in [1.54, 1.807) is 31.2 Å². The quantitative estimate of drug-likeness (QED) is 0.363. The zero-order valence-corrected chi connectivity index (χ0v) is 10.6. The predicted molar refractivity (Wildman–Crippen MR) is 73.7 cm³/mol. The van der Waals surface area contributed by atoms with Gasteiger partial charge in [0.1, 0.15) is 11.8 Å². The molecule has 0 radical (unpaired) electrons. The number of hydrogen-bond donors (Lipinski definition) is 4. The van der Waals surface area contributed by atoms with Crippen LogP contribution in [0.3, 0.4) is 0 Å². The molecule has 0 aromatic heterocycles. The van der Waals surface area contributed by atoms with Gasteiger partial charge in [-0.05, 0) is 25.1 Å². The van der Waals surface area contributed by atoms with Crippen LogP contribution in [0.4, 0.5) is 11.4 Å². The summed E-state index contributed by atoms with van der Waals surface area (Å²) in [6.07, 6.45) is -0.540. The van der Waals surface area contributed by atoms with Crippen molar-refractivity contribution in [3.63, 3.8) is 0 Å². The van der Waals surface area contributed by atoms with E-state index >= 15 is 0 Å². The summed E-state index contributed by atoms with van der Waals surface area (Å²) in [5.74, 6) is -0.110. The van der Waals surface area contributed by atoms with Gasteiger partial charge in [-0.15, -0.1) is 0 Å². The van der Waals surface area contributed by atoms with Crippen molar-refractivity contribution in [2.75, 3.05) is 10.7 Å². The number of ether oxygens (including phenoxy) is 1. The molecule has 0 aliphatic carbocycles. The summed E-state index contributed by atoms with van der Waals surface area (Å²) in [7, 11) is 0. The topological polar surface area (TPSA) is 136 Å². The highest BCUT2D eigenvalue weighted by Crippen LogP contribution is 2.32. The van der Waals surface area contributed by atoms with Crippen molar-refractivity contribution in [3.8, 4) is 11.8 Å². The molecular weight excluding hydrogens is 260 g/mol. The van der Waals surface area contributed by atoms with E-state index in [0.717, 1.165) is 0 Å². The van der Waals surface area contributed by atoms with E-state index in [1.807, 2.05) is 0 Å². The SMILES string of the molecule is CC1Oc2ccc(N/N=C(\C#N)C(=N)N)cc2NC1=O. The molecule has 1 aliphatic heterocycles. The Bertz CT molecular complexity index is 646. The average Bonchev–Trinajstić information content (AvgIpc) is 2.40. The van der Waals surface area contributed by atoms with Crippen LogP contribution in [-0.4, -0.2) is 23.6 Å². The maximum Gasteiger partial charge on any atom is 0.265 e. The number of anilines is 2. The van der Waals surface area contributed by atoms with Crippen LogP contribution in [0.5, 0.6) is 5.75 Å². The van der Waals surface area contributed by atoms with E-state index in [-0.39, 0.29) is 11.6 Å². The standard InChI is InChI=1S/C12H12N6O2/c1-6-12(19)16-8-4-7(2-3-10(8)20-6)17-18-9(5-13)11(14)15/h2-4,6,17H,1H3,(H3,14,15)(H,16,19)/b18-9+. The van der Waals surface area contributed by atoms with Crippen LogP contribution >= 0.6 is 0 Å². The maximum absolute atomic E-state index is 11.5. The minimum atomic E-state index is -0.540. The van der Waals surface area contributed by atoms with E-state index in [9.17, 15) is 4.79 Å². The van der Waals surface area contributed by atoms with E-state index in [4.69, 9.17) is 21.1 Å². The fraction of sp³-hybridized carbons (Fsp3) is 0.167. The number of amides is 1. The van der Waals surface area contributed by atoms with Gasteiger partial charge in [-0.3, -0.25) is 15.6 Å².